The molecule has 2 aromatic carbocycles. The molecule has 0 saturated carbocycles. The van der Waals surface area contributed by atoms with Crippen LogP contribution in [0.4, 0.5) is 5.69 Å². The SMILES string of the molecule is O=C(CSc1nnc(-c2ccccn2)o1)Nc1ccc(Oc2ccccc2)cc1. The van der Waals surface area contributed by atoms with Crippen LogP contribution in [0.2, 0.25) is 0 Å². The molecular weight excluding hydrogens is 388 g/mol. The maximum Gasteiger partial charge on any atom is 0.277 e. The molecular formula is C21H16N4O3S. The number of anilines is 1. The molecule has 0 bridgehead atoms. The van der Waals surface area contributed by atoms with Crippen molar-refractivity contribution >= 4 is 23.4 Å². The summed E-state index contributed by atoms with van der Waals surface area (Å²) in [6.07, 6.45) is 1.65. The Hall–Kier alpha value is -3.65. The van der Waals surface area contributed by atoms with Crippen LogP contribution in [0.1, 0.15) is 0 Å². The largest absolute Gasteiger partial charge is 0.457 e. The Labute approximate surface area is 171 Å². The minimum Gasteiger partial charge on any atom is -0.457 e. The third-order valence-corrected chi connectivity index (χ3v) is 4.55. The van der Waals surface area contributed by atoms with Gasteiger partial charge in [-0.15, -0.1) is 10.2 Å². The molecule has 0 aliphatic carbocycles. The molecule has 7 nitrogen and oxygen atoms in total. The van der Waals surface area contributed by atoms with Crippen molar-refractivity contribution in [1.82, 2.24) is 15.2 Å². The fourth-order valence-corrected chi connectivity index (χ4v) is 2.98. The Morgan fingerprint density at radius 1 is 0.931 bits per heavy atom. The minimum absolute atomic E-state index is 0.145. The zero-order valence-electron chi connectivity index (χ0n) is 15.2. The summed E-state index contributed by atoms with van der Waals surface area (Å²) in [5, 5.41) is 11.0. The lowest BCUT2D eigenvalue weighted by atomic mass is 10.3. The average Bonchev–Trinajstić information content (AvgIpc) is 3.24. The second-order valence-corrected chi connectivity index (χ2v) is 6.79. The van der Waals surface area contributed by atoms with Crippen molar-refractivity contribution < 1.29 is 13.9 Å². The van der Waals surface area contributed by atoms with Crippen LogP contribution in [-0.2, 0) is 4.79 Å². The number of nitrogens with one attached hydrogen (secondary N) is 1. The molecule has 1 amide bonds. The van der Waals surface area contributed by atoms with E-state index in [-0.39, 0.29) is 11.7 Å². The summed E-state index contributed by atoms with van der Waals surface area (Å²) in [6.45, 7) is 0. The number of carbonyl (C=O) groups is 1. The van der Waals surface area contributed by atoms with E-state index in [4.69, 9.17) is 9.15 Å². The van der Waals surface area contributed by atoms with Gasteiger partial charge in [0.2, 0.25) is 5.91 Å². The molecule has 0 unspecified atom stereocenters. The van der Waals surface area contributed by atoms with Crippen molar-refractivity contribution in [2.45, 2.75) is 5.22 Å². The topological polar surface area (TPSA) is 90.1 Å². The van der Waals surface area contributed by atoms with Crippen molar-refractivity contribution in [3.8, 4) is 23.1 Å². The highest BCUT2D eigenvalue weighted by Gasteiger charge is 2.12. The molecule has 1 N–H and O–H groups in total. The quantitative estimate of drug-likeness (QED) is 0.448. The van der Waals surface area contributed by atoms with Crippen molar-refractivity contribution in [3.05, 3.63) is 79.0 Å². The van der Waals surface area contributed by atoms with Crippen molar-refractivity contribution in [2.75, 3.05) is 11.1 Å². The van der Waals surface area contributed by atoms with Crippen LogP contribution in [0, 0.1) is 0 Å². The van der Waals surface area contributed by atoms with Gasteiger partial charge in [0.15, 0.2) is 0 Å². The first-order valence-corrected chi connectivity index (χ1v) is 9.75. The number of rotatable bonds is 7. The van der Waals surface area contributed by atoms with Gasteiger partial charge in [0, 0.05) is 11.9 Å². The Balaban J connectivity index is 1.28. The smallest absolute Gasteiger partial charge is 0.277 e. The van der Waals surface area contributed by atoms with Crippen LogP contribution in [0.15, 0.2) is 88.6 Å². The van der Waals surface area contributed by atoms with E-state index in [2.05, 4.69) is 20.5 Å². The molecule has 2 heterocycles. The summed E-state index contributed by atoms with van der Waals surface area (Å²) < 4.78 is 11.3. The van der Waals surface area contributed by atoms with E-state index >= 15 is 0 Å². The summed E-state index contributed by atoms with van der Waals surface area (Å²) in [4.78, 5) is 16.3. The van der Waals surface area contributed by atoms with E-state index in [0.29, 0.717) is 28.2 Å². The third-order valence-electron chi connectivity index (χ3n) is 3.73. The van der Waals surface area contributed by atoms with E-state index in [1.165, 1.54) is 0 Å². The molecule has 29 heavy (non-hydrogen) atoms. The monoisotopic (exact) mass is 404 g/mol. The second kappa shape index (κ2) is 9.03. The molecule has 0 fully saturated rings. The maximum absolute atomic E-state index is 12.2. The highest BCUT2D eigenvalue weighted by atomic mass is 32.2. The van der Waals surface area contributed by atoms with Crippen molar-refractivity contribution in [3.63, 3.8) is 0 Å². The minimum atomic E-state index is -0.177. The number of para-hydroxylation sites is 1. The predicted molar refractivity (Wildman–Crippen MR) is 110 cm³/mol. The van der Waals surface area contributed by atoms with Gasteiger partial charge < -0.3 is 14.5 Å². The lowest BCUT2D eigenvalue weighted by molar-refractivity contribution is -0.113. The van der Waals surface area contributed by atoms with Gasteiger partial charge >= 0.3 is 0 Å². The molecule has 0 spiro atoms. The predicted octanol–water partition coefficient (Wildman–Crippen LogP) is 4.65. The number of hydrogen-bond acceptors (Lipinski definition) is 7. The number of pyridine rings is 1. The van der Waals surface area contributed by atoms with Crippen molar-refractivity contribution in [2.24, 2.45) is 0 Å². The number of thioether (sulfide) groups is 1. The molecule has 0 aliphatic rings. The van der Waals surface area contributed by atoms with Gasteiger partial charge in [0.25, 0.3) is 11.1 Å². The highest BCUT2D eigenvalue weighted by molar-refractivity contribution is 7.99. The summed E-state index contributed by atoms with van der Waals surface area (Å²) >= 11 is 1.16. The molecule has 0 radical (unpaired) electrons. The lowest BCUT2D eigenvalue weighted by Crippen LogP contribution is -2.13. The molecule has 0 atom stereocenters. The van der Waals surface area contributed by atoms with Gasteiger partial charge in [-0.05, 0) is 48.5 Å². The average molecular weight is 404 g/mol. The van der Waals surface area contributed by atoms with Crippen LogP contribution in [0.25, 0.3) is 11.6 Å². The summed E-state index contributed by atoms with van der Waals surface area (Å²) in [5.74, 6) is 1.74. The lowest BCUT2D eigenvalue weighted by Gasteiger charge is -2.07. The van der Waals surface area contributed by atoms with E-state index in [1.54, 1.807) is 42.6 Å². The standard InChI is InChI=1S/C21H16N4O3S/c26-19(14-29-21-25-24-20(28-21)18-8-4-5-13-22-18)23-15-9-11-17(12-10-15)27-16-6-2-1-3-7-16/h1-13H,14H2,(H,23,26). The molecule has 2 aromatic heterocycles. The number of ether oxygens (including phenoxy) is 1. The van der Waals surface area contributed by atoms with Gasteiger partial charge in [-0.1, -0.05) is 36.0 Å². The van der Waals surface area contributed by atoms with Crippen LogP contribution >= 0.6 is 11.8 Å². The Morgan fingerprint density at radius 2 is 1.69 bits per heavy atom. The Morgan fingerprint density at radius 3 is 2.45 bits per heavy atom. The first-order valence-electron chi connectivity index (χ1n) is 8.77. The summed E-state index contributed by atoms with van der Waals surface area (Å²) in [6, 6.07) is 22.1. The third kappa shape index (κ3) is 5.20. The van der Waals surface area contributed by atoms with Crippen LogP contribution < -0.4 is 10.1 Å². The first-order chi connectivity index (χ1) is 14.3. The second-order valence-electron chi connectivity index (χ2n) is 5.86. The zero-order valence-corrected chi connectivity index (χ0v) is 16.0. The van der Waals surface area contributed by atoms with Gasteiger partial charge in [-0.3, -0.25) is 9.78 Å². The molecule has 4 rings (SSSR count). The van der Waals surface area contributed by atoms with Crippen LogP contribution in [-0.4, -0.2) is 26.8 Å². The van der Waals surface area contributed by atoms with E-state index in [1.807, 2.05) is 36.4 Å². The zero-order chi connectivity index (χ0) is 19.9. The summed E-state index contributed by atoms with van der Waals surface area (Å²) in [5.41, 5.74) is 1.27. The highest BCUT2D eigenvalue weighted by Crippen LogP contribution is 2.24. The van der Waals surface area contributed by atoms with Crippen LogP contribution in [0.3, 0.4) is 0 Å². The Kier molecular flexibility index (Phi) is 5.82. The maximum atomic E-state index is 12.2. The molecule has 144 valence electrons. The van der Waals surface area contributed by atoms with Crippen LogP contribution in [0.5, 0.6) is 11.5 Å². The first kappa shape index (κ1) is 18.7. The number of hydrogen-bond donors (Lipinski definition) is 1. The van der Waals surface area contributed by atoms with Gasteiger partial charge in [-0.2, -0.15) is 0 Å². The van der Waals surface area contributed by atoms with Gasteiger partial charge in [0.05, 0.1) is 5.75 Å². The molecule has 8 heteroatoms. The fourth-order valence-electron chi connectivity index (χ4n) is 2.42. The normalized spacial score (nSPS) is 10.5. The Bertz CT molecular complexity index is 1070. The van der Waals surface area contributed by atoms with Crippen molar-refractivity contribution in [1.29, 1.82) is 0 Å². The van der Waals surface area contributed by atoms with Gasteiger partial charge in [0.1, 0.15) is 17.2 Å². The van der Waals surface area contributed by atoms with E-state index in [9.17, 15) is 4.79 Å². The molecule has 0 saturated heterocycles. The van der Waals surface area contributed by atoms with E-state index < -0.39 is 0 Å². The summed E-state index contributed by atoms with van der Waals surface area (Å²) in [7, 11) is 0. The van der Waals surface area contributed by atoms with Gasteiger partial charge in [-0.25, -0.2) is 0 Å². The van der Waals surface area contributed by atoms with E-state index in [0.717, 1.165) is 17.5 Å². The number of aromatic nitrogens is 3. The molecule has 0 aliphatic heterocycles. The number of amides is 1. The number of carbonyl (C=O) groups excluding carboxylic acids is 1. The number of nitrogens with zero attached hydrogens (tertiary/aromatic N) is 3. The number of benzene rings is 2. The fraction of sp³-hybridized carbons (Fsp3) is 0.0476. The molecule has 4 aromatic rings.